The molecule has 0 aliphatic heterocycles. The topological polar surface area (TPSA) is 26.0 Å². The minimum atomic E-state index is 0.293. The van der Waals surface area contributed by atoms with Gasteiger partial charge in [0.05, 0.1) is 12.0 Å². The lowest BCUT2D eigenvalue weighted by Crippen LogP contribution is -2.09. The third-order valence-electron chi connectivity index (χ3n) is 2.03. The van der Waals surface area contributed by atoms with Crippen LogP contribution in [0.1, 0.15) is 26.5 Å². The first-order valence-electron chi connectivity index (χ1n) is 5.01. The van der Waals surface area contributed by atoms with Crippen molar-refractivity contribution in [3.63, 3.8) is 0 Å². The van der Waals surface area contributed by atoms with Gasteiger partial charge in [0.1, 0.15) is 11.3 Å². The lowest BCUT2D eigenvalue weighted by molar-refractivity contribution is 0.407. The number of furan rings is 1. The number of hydrogen-bond acceptors (Lipinski definition) is 3. The standard InChI is InChI=1S/C12H15NOS/c1-12(2,3)6-10-8-15-11(13-10)9-4-5-14-7-9/h4-5,7-8H,6H2,1-3H3. The molecule has 2 nitrogen and oxygen atoms in total. The fourth-order valence-corrected chi connectivity index (χ4v) is 2.26. The number of hydrogen-bond donors (Lipinski definition) is 0. The van der Waals surface area contributed by atoms with Gasteiger partial charge in [0.2, 0.25) is 0 Å². The second-order valence-electron chi connectivity index (χ2n) is 4.89. The molecule has 2 aromatic rings. The number of rotatable bonds is 2. The molecule has 80 valence electrons. The van der Waals surface area contributed by atoms with Gasteiger partial charge in [0.25, 0.3) is 0 Å². The Morgan fingerprint density at radius 3 is 2.80 bits per heavy atom. The molecule has 0 bridgehead atoms. The van der Waals surface area contributed by atoms with Gasteiger partial charge in [-0.3, -0.25) is 0 Å². The molecule has 0 saturated heterocycles. The van der Waals surface area contributed by atoms with Crippen molar-refractivity contribution in [3.05, 3.63) is 29.7 Å². The van der Waals surface area contributed by atoms with E-state index in [1.54, 1.807) is 23.9 Å². The van der Waals surface area contributed by atoms with Crippen LogP contribution in [-0.2, 0) is 6.42 Å². The lowest BCUT2D eigenvalue weighted by Gasteiger charge is -2.15. The van der Waals surface area contributed by atoms with E-state index < -0.39 is 0 Å². The Morgan fingerprint density at radius 1 is 1.40 bits per heavy atom. The third kappa shape index (κ3) is 2.69. The molecular weight excluding hydrogens is 206 g/mol. The fraction of sp³-hybridized carbons (Fsp3) is 0.417. The van der Waals surface area contributed by atoms with Crippen molar-refractivity contribution in [3.8, 4) is 10.6 Å². The summed E-state index contributed by atoms with van der Waals surface area (Å²) in [5.74, 6) is 0. The molecule has 0 spiro atoms. The predicted octanol–water partition coefficient (Wildman–Crippen LogP) is 3.99. The number of nitrogens with zero attached hydrogens (tertiary/aromatic N) is 1. The largest absolute Gasteiger partial charge is 0.472 e. The molecule has 0 saturated carbocycles. The SMILES string of the molecule is CC(C)(C)Cc1csc(-c2ccoc2)n1. The van der Waals surface area contributed by atoms with Crippen molar-refractivity contribution in [2.24, 2.45) is 5.41 Å². The van der Waals surface area contributed by atoms with Gasteiger partial charge in [-0.15, -0.1) is 11.3 Å². The summed E-state index contributed by atoms with van der Waals surface area (Å²) in [6.45, 7) is 6.68. The highest BCUT2D eigenvalue weighted by Gasteiger charge is 2.14. The van der Waals surface area contributed by atoms with E-state index in [0.29, 0.717) is 5.41 Å². The van der Waals surface area contributed by atoms with E-state index >= 15 is 0 Å². The van der Waals surface area contributed by atoms with Gasteiger partial charge in [0.15, 0.2) is 0 Å². The van der Waals surface area contributed by atoms with Crippen LogP contribution in [0.3, 0.4) is 0 Å². The molecule has 0 radical (unpaired) electrons. The molecule has 2 aromatic heterocycles. The first-order chi connectivity index (χ1) is 7.04. The normalized spacial score (nSPS) is 11.9. The van der Waals surface area contributed by atoms with Crippen LogP contribution in [0.4, 0.5) is 0 Å². The molecule has 0 atom stereocenters. The van der Waals surface area contributed by atoms with Gasteiger partial charge in [-0.05, 0) is 17.9 Å². The molecular formula is C12H15NOS. The van der Waals surface area contributed by atoms with Crippen LogP contribution in [0, 0.1) is 5.41 Å². The summed E-state index contributed by atoms with van der Waals surface area (Å²) in [6.07, 6.45) is 4.43. The van der Waals surface area contributed by atoms with Crippen LogP contribution in [0.15, 0.2) is 28.4 Å². The highest BCUT2D eigenvalue weighted by Crippen LogP contribution is 2.27. The number of aromatic nitrogens is 1. The number of thiazole rings is 1. The summed E-state index contributed by atoms with van der Waals surface area (Å²) in [5.41, 5.74) is 2.53. The maximum Gasteiger partial charge on any atom is 0.126 e. The van der Waals surface area contributed by atoms with E-state index in [-0.39, 0.29) is 0 Å². The third-order valence-corrected chi connectivity index (χ3v) is 2.97. The summed E-state index contributed by atoms with van der Waals surface area (Å²) in [7, 11) is 0. The Kier molecular flexibility index (Phi) is 2.65. The maximum absolute atomic E-state index is 5.05. The fourth-order valence-electron chi connectivity index (χ4n) is 1.45. The molecule has 0 amide bonds. The van der Waals surface area contributed by atoms with Crippen molar-refractivity contribution < 1.29 is 4.42 Å². The first-order valence-corrected chi connectivity index (χ1v) is 5.89. The summed E-state index contributed by atoms with van der Waals surface area (Å²) < 4.78 is 5.05. The van der Waals surface area contributed by atoms with Crippen molar-refractivity contribution in [2.45, 2.75) is 27.2 Å². The van der Waals surface area contributed by atoms with Crippen LogP contribution in [-0.4, -0.2) is 4.98 Å². The zero-order chi connectivity index (χ0) is 10.9. The molecule has 2 heterocycles. The van der Waals surface area contributed by atoms with Crippen molar-refractivity contribution in [1.82, 2.24) is 4.98 Å². The van der Waals surface area contributed by atoms with Gasteiger partial charge < -0.3 is 4.42 Å². The first kappa shape index (κ1) is 10.4. The second kappa shape index (κ2) is 3.81. The van der Waals surface area contributed by atoms with E-state index in [0.717, 1.165) is 17.0 Å². The smallest absolute Gasteiger partial charge is 0.126 e. The van der Waals surface area contributed by atoms with E-state index in [1.807, 2.05) is 6.07 Å². The molecule has 15 heavy (non-hydrogen) atoms. The van der Waals surface area contributed by atoms with Gasteiger partial charge >= 0.3 is 0 Å². The zero-order valence-electron chi connectivity index (χ0n) is 9.28. The molecule has 0 fully saturated rings. The molecule has 0 aliphatic rings. The van der Waals surface area contributed by atoms with Crippen LogP contribution >= 0.6 is 11.3 Å². The summed E-state index contributed by atoms with van der Waals surface area (Å²) in [5, 5.41) is 3.18. The Hall–Kier alpha value is -1.09. The van der Waals surface area contributed by atoms with Crippen LogP contribution in [0.25, 0.3) is 10.6 Å². The van der Waals surface area contributed by atoms with E-state index in [9.17, 15) is 0 Å². The average molecular weight is 221 g/mol. The molecule has 0 N–H and O–H groups in total. The monoisotopic (exact) mass is 221 g/mol. The molecule has 0 aromatic carbocycles. The minimum Gasteiger partial charge on any atom is -0.472 e. The average Bonchev–Trinajstić information content (AvgIpc) is 2.68. The summed E-state index contributed by atoms with van der Waals surface area (Å²) in [4.78, 5) is 4.60. The Bertz CT molecular complexity index is 423. The van der Waals surface area contributed by atoms with E-state index in [2.05, 4.69) is 31.1 Å². The summed E-state index contributed by atoms with van der Waals surface area (Å²) in [6, 6.07) is 1.94. The molecule has 3 heteroatoms. The molecule has 2 rings (SSSR count). The van der Waals surface area contributed by atoms with Crippen LogP contribution in [0.2, 0.25) is 0 Å². The quantitative estimate of drug-likeness (QED) is 0.766. The summed E-state index contributed by atoms with van der Waals surface area (Å²) >= 11 is 1.68. The Balaban J connectivity index is 2.18. The van der Waals surface area contributed by atoms with Gasteiger partial charge in [-0.1, -0.05) is 20.8 Å². The Labute approximate surface area is 94.0 Å². The minimum absolute atomic E-state index is 0.293. The van der Waals surface area contributed by atoms with E-state index in [4.69, 9.17) is 4.42 Å². The van der Waals surface area contributed by atoms with Crippen molar-refractivity contribution in [1.29, 1.82) is 0 Å². The predicted molar refractivity (Wildman–Crippen MR) is 63.0 cm³/mol. The Morgan fingerprint density at radius 2 is 2.20 bits per heavy atom. The molecule has 0 aliphatic carbocycles. The van der Waals surface area contributed by atoms with Crippen LogP contribution in [0.5, 0.6) is 0 Å². The van der Waals surface area contributed by atoms with Gasteiger partial charge in [0, 0.05) is 10.9 Å². The lowest BCUT2D eigenvalue weighted by atomic mass is 9.91. The van der Waals surface area contributed by atoms with Crippen LogP contribution < -0.4 is 0 Å². The van der Waals surface area contributed by atoms with E-state index in [1.165, 1.54) is 5.69 Å². The van der Waals surface area contributed by atoms with Gasteiger partial charge in [-0.25, -0.2) is 4.98 Å². The molecule has 0 unspecified atom stereocenters. The van der Waals surface area contributed by atoms with Gasteiger partial charge in [-0.2, -0.15) is 0 Å². The maximum atomic E-state index is 5.05. The van der Waals surface area contributed by atoms with Crippen molar-refractivity contribution in [2.75, 3.05) is 0 Å². The highest BCUT2D eigenvalue weighted by molar-refractivity contribution is 7.13. The highest BCUT2D eigenvalue weighted by atomic mass is 32.1. The zero-order valence-corrected chi connectivity index (χ0v) is 10.1. The second-order valence-corrected chi connectivity index (χ2v) is 5.75. The van der Waals surface area contributed by atoms with Crippen molar-refractivity contribution >= 4 is 11.3 Å².